The van der Waals surface area contributed by atoms with E-state index in [1.165, 1.54) is 17.2 Å². The van der Waals surface area contributed by atoms with Gasteiger partial charge in [0, 0.05) is 40.7 Å². The Kier molecular flexibility index (Phi) is 6.70. The molecule has 0 bridgehead atoms. The van der Waals surface area contributed by atoms with E-state index in [4.69, 9.17) is 0 Å². The largest absolute Gasteiger partial charge is 0.411 e. The highest BCUT2D eigenvalue weighted by molar-refractivity contribution is 9.10. The average Bonchev–Trinajstić information content (AvgIpc) is 2.71. The molecule has 5 heteroatoms. The first-order chi connectivity index (χ1) is 13.9. The highest BCUT2D eigenvalue weighted by atomic mass is 79.9. The van der Waals surface area contributed by atoms with Crippen LogP contribution < -0.4 is 5.56 Å². The van der Waals surface area contributed by atoms with E-state index in [2.05, 4.69) is 52.3 Å². The quantitative estimate of drug-likeness (QED) is 0.287. The summed E-state index contributed by atoms with van der Waals surface area (Å²) in [6.07, 6.45) is 2.29. The van der Waals surface area contributed by atoms with Crippen molar-refractivity contribution in [2.45, 2.75) is 39.2 Å². The van der Waals surface area contributed by atoms with Crippen LogP contribution in [0.3, 0.4) is 0 Å². The lowest BCUT2D eigenvalue weighted by atomic mass is 9.83. The monoisotopic (exact) mass is 452 g/mol. The normalized spacial score (nSPS) is 12.9. The van der Waals surface area contributed by atoms with Crippen molar-refractivity contribution in [3.05, 3.63) is 104 Å². The van der Waals surface area contributed by atoms with Gasteiger partial charge in [0.1, 0.15) is 0 Å². The Hall–Kier alpha value is -2.66. The fraction of sp³-hybridized carbons (Fsp3) is 0.250. The molecular weight excluding hydrogens is 428 g/mol. The summed E-state index contributed by atoms with van der Waals surface area (Å²) in [7, 11) is 0. The van der Waals surface area contributed by atoms with E-state index in [0.29, 0.717) is 12.1 Å². The molecule has 3 aromatic rings. The Morgan fingerprint density at radius 1 is 1.07 bits per heavy atom. The third kappa shape index (κ3) is 4.85. The van der Waals surface area contributed by atoms with Crippen LogP contribution in [0.2, 0.25) is 0 Å². The summed E-state index contributed by atoms with van der Waals surface area (Å²) in [5.41, 5.74) is 4.75. The van der Waals surface area contributed by atoms with E-state index in [1.54, 1.807) is 16.8 Å². The lowest BCUT2D eigenvalue weighted by Crippen LogP contribution is -2.22. The van der Waals surface area contributed by atoms with E-state index in [9.17, 15) is 10.0 Å². The minimum atomic E-state index is -0.0654. The zero-order chi connectivity index (χ0) is 21.0. The number of pyridine rings is 1. The number of aryl methyl sites for hydroxylation is 1. The number of aromatic nitrogens is 1. The van der Waals surface area contributed by atoms with Crippen LogP contribution in [0.1, 0.15) is 54.5 Å². The van der Waals surface area contributed by atoms with Crippen molar-refractivity contribution in [3.63, 3.8) is 0 Å². The van der Waals surface area contributed by atoms with Crippen LogP contribution in [-0.2, 0) is 0 Å². The van der Waals surface area contributed by atoms with E-state index < -0.39 is 0 Å². The van der Waals surface area contributed by atoms with Crippen LogP contribution in [-0.4, -0.2) is 15.5 Å². The van der Waals surface area contributed by atoms with Crippen molar-refractivity contribution in [3.8, 4) is 0 Å². The van der Waals surface area contributed by atoms with Crippen molar-refractivity contribution in [2.75, 3.05) is 0 Å². The Balaban J connectivity index is 2.05. The molecule has 0 aliphatic heterocycles. The Labute approximate surface area is 179 Å². The van der Waals surface area contributed by atoms with E-state index in [1.807, 2.05) is 38.1 Å². The number of benzene rings is 2. The summed E-state index contributed by atoms with van der Waals surface area (Å²) in [6.45, 7) is 6.01. The van der Waals surface area contributed by atoms with Crippen LogP contribution in [0.5, 0.6) is 0 Å². The van der Waals surface area contributed by atoms with Crippen LogP contribution in [0.4, 0.5) is 0 Å². The van der Waals surface area contributed by atoms with Gasteiger partial charge in [-0.15, -0.1) is 0 Å². The maximum absolute atomic E-state index is 12.1. The molecule has 1 atom stereocenters. The molecule has 4 nitrogen and oxygen atoms in total. The Morgan fingerprint density at radius 2 is 1.76 bits per heavy atom. The van der Waals surface area contributed by atoms with Crippen molar-refractivity contribution >= 4 is 21.6 Å². The molecule has 0 radical (unpaired) electrons. The maximum Gasteiger partial charge on any atom is 0.250 e. The Morgan fingerprint density at radius 3 is 2.38 bits per heavy atom. The topological polar surface area (TPSA) is 54.6 Å². The molecule has 0 spiro atoms. The summed E-state index contributed by atoms with van der Waals surface area (Å²) < 4.78 is 2.67. The zero-order valence-corrected chi connectivity index (χ0v) is 18.4. The molecule has 1 heterocycles. The molecule has 0 fully saturated rings. The van der Waals surface area contributed by atoms with Gasteiger partial charge in [0.25, 0.3) is 5.56 Å². The number of nitrogens with zero attached hydrogens (tertiary/aromatic N) is 2. The minimum absolute atomic E-state index is 0.0228. The van der Waals surface area contributed by atoms with Crippen LogP contribution >= 0.6 is 15.9 Å². The second-order valence-electron chi connectivity index (χ2n) is 7.47. The SMILES string of the molecule is Cc1ccccc1C(C/C(=N\O)c1ccc(=O)n(C(C)C)c1)c1ccc(Br)cc1. The summed E-state index contributed by atoms with van der Waals surface area (Å²) in [5, 5.41) is 13.4. The third-order valence-electron chi connectivity index (χ3n) is 5.18. The van der Waals surface area contributed by atoms with Gasteiger partial charge in [0.05, 0.1) is 5.71 Å². The molecule has 150 valence electrons. The molecule has 1 N–H and O–H groups in total. The molecule has 29 heavy (non-hydrogen) atoms. The van der Waals surface area contributed by atoms with Gasteiger partial charge in [-0.05, 0) is 55.7 Å². The maximum atomic E-state index is 12.1. The van der Waals surface area contributed by atoms with Gasteiger partial charge in [-0.25, -0.2) is 0 Å². The number of halogens is 1. The minimum Gasteiger partial charge on any atom is -0.411 e. The third-order valence-corrected chi connectivity index (χ3v) is 5.71. The molecule has 0 saturated carbocycles. The van der Waals surface area contributed by atoms with Crippen LogP contribution in [0.15, 0.2) is 81.3 Å². The number of rotatable bonds is 6. The predicted molar refractivity (Wildman–Crippen MR) is 121 cm³/mol. The van der Waals surface area contributed by atoms with E-state index >= 15 is 0 Å². The van der Waals surface area contributed by atoms with E-state index in [0.717, 1.165) is 15.6 Å². The second kappa shape index (κ2) is 9.23. The highest BCUT2D eigenvalue weighted by Crippen LogP contribution is 2.32. The second-order valence-corrected chi connectivity index (χ2v) is 8.38. The first-order valence-corrected chi connectivity index (χ1v) is 10.4. The molecule has 2 aromatic carbocycles. The van der Waals surface area contributed by atoms with E-state index in [-0.39, 0.29) is 17.5 Å². The zero-order valence-electron chi connectivity index (χ0n) is 16.8. The molecule has 1 unspecified atom stereocenters. The summed E-state index contributed by atoms with van der Waals surface area (Å²) >= 11 is 3.50. The van der Waals surface area contributed by atoms with Crippen LogP contribution in [0.25, 0.3) is 0 Å². The van der Waals surface area contributed by atoms with Crippen LogP contribution in [0, 0.1) is 6.92 Å². The predicted octanol–water partition coefficient (Wildman–Crippen LogP) is 5.90. The molecule has 0 amide bonds. The highest BCUT2D eigenvalue weighted by Gasteiger charge is 2.21. The van der Waals surface area contributed by atoms with Crippen molar-refractivity contribution in [2.24, 2.45) is 5.16 Å². The van der Waals surface area contributed by atoms with Crippen molar-refractivity contribution in [1.82, 2.24) is 4.57 Å². The first-order valence-electron chi connectivity index (χ1n) is 9.65. The first kappa shape index (κ1) is 21.1. The van der Waals surface area contributed by atoms with Gasteiger partial charge in [0.15, 0.2) is 0 Å². The fourth-order valence-corrected chi connectivity index (χ4v) is 3.83. The number of hydrogen-bond donors (Lipinski definition) is 1. The lowest BCUT2D eigenvalue weighted by molar-refractivity contribution is 0.317. The fourth-order valence-electron chi connectivity index (χ4n) is 3.57. The molecule has 1 aromatic heterocycles. The van der Waals surface area contributed by atoms with Gasteiger partial charge in [0.2, 0.25) is 0 Å². The van der Waals surface area contributed by atoms with Gasteiger partial charge >= 0.3 is 0 Å². The van der Waals surface area contributed by atoms with Gasteiger partial charge in [-0.2, -0.15) is 0 Å². The molecule has 0 aliphatic rings. The number of hydrogen-bond acceptors (Lipinski definition) is 3. The van der Waals surface area contributed by atoms with Gasteiger partial charge < -0.3 is 9.77 Å². The molecule has 0 saturated heterocycles. The average molecular weight is 453 g/mol. The molecular formula is C24H25BrN2O2. The molecule has 0 aliphatic carbocycles. The standard InChI is InChI=1S/C24H25BrN2O2/c1-16(2)27-15-19(10-13-24(27)28)23(26-29)14-22(18-8-11-20(25)12-9-18)21-7-5-4-6-17(21)3/h4-13,15-16,22,29H,14H2,1-3H3/b26-23+. The summed E-state index contributed by atoms with van der Waals surface area (Å²) in [5.74, 6) is 0.0228. The lowest BCUT2D eigenvalue weighted by Gasteiger charge is -2.21. The Bertz CT molecular complexity index is 1070. The molecule has 3 rings (SSSR count). The summed E-state index contributed by atoms with van der Waals surface area (Å²) in [4.78, 5) is 12.1. The number of oxime groups is 1. The van der Waals surface area contributed by atoms with Crippen molar-refractivity contribution < 1.29 is 5.21 Å². The van der Waals surface area contributed by atoms with Gasteiger partial charge in [-0.3, -0.25) is 4.79 Å². The smallest absolute Gasteiger partial charge is 0.250 e. The van der Waals surface area contributed by atoms with Gasteiger partial charge in [-0.1, -0.05) is 57.5 Å². The van der Waals surface area contributed by atoms with Crippen molar-refractivity contribution in [1.29, 1.82) is 0 Å². The summed E-state index contributed by atoms with van der Waals surface area (Å²) in [6, 6.07) is 19.8.